The number of amides is 1. The van der Waals surface area contributed by atoms with E-state index in [9.17, 15) is 4.79 Å². The predicted molar refractivity (Wildman–Crippen MR) is 77.8 cm³/mol. The molecule has 0 bridgehead atoms. The zero-order chi connectivity index (χ0) is 14.1. The first-order chi connectivity index (χ1) is 9.63. The van der Waals surface area contributed by atoms with Gasteiger partial charge in [0.1, 0.15) is 0 Å². The highest BCUT2D eigenvalue weighted by molar-refractivity contribution is 6.12. The van der Waals surface area contributed by atoms with Crippen LogP contribution in [-0.2, 0) is 0 Å². The first kappa shape index (κ1) is 12.3. The molecule has 20 heavy (non-hydrogen) atoms. The van der Waals surface area contributed by atoms with Crippen LogP contribution in [0, 0.1) is 13.8 Å². The summed E-state index contributed by atoms with van der Waals surface area (Å²) in [4.78, 5) is 23.8. The van der Waals surface area contributed by atoms with E-state index in [1.165, 1.54) is 0 Å². The molecule has 0 radical (unpaired) electrons. The molecule has 0 fully saturated rings. The van der Waals surface area contributed by atoms with Gasteiger partial charge in [0.15, 0.2) is 0 Å². The Morgan fingerprint density at radius 2 is 1.85 bits per heavy atom. The Morgan fingerprint density at radius 1 is 1.15 bits per heavy atom. The molecule has 5 nitrogen and oxygen atoms in total. The monoisotopic (exact) mass is 266 g/mol. The lowest BCUT2D eigenvalue weighted by Gasteiger charge is -2.04. The second kappa shape index (κ2) is 4.77. The van der Waals surface area contributed by atoms with Crippen molar-refractivity contribution < 1.29 is 4.79 Å². The van der Waals surface area contributed by atoms with Crippen LogP contribution in [0.1, 0.15) is 21.7 Å². The van der Waals surface area contributed by atoms with E-state index in [1.807, 2.05) is 44.2 Å². The quantitative estimate of drug-likeness (QED) is 0.749. The van der Waals surface area contributed by atoms with Crippen molar-refractivity contribution in [3.05, 3.63) is 53.5 Å². The van der Waals surface area contributed by atoms with Gasteiger partial charge in [0.25, 0.3) is 5.91 Å². The summed E-state index contributed by atoms with van der Waals surface area (Å²) >= 11 is 0. The molecule has 2 N–H and O–H groups in total. The Bertz CT molecular complexity index is 771. The smallest absolute Gasteiger partial charge is 0.260 e. The first-order valence-corrected chi connectivity index (χ1v) is 6.33. The summed E-state index contributed by atoms with van der Waals surface area (Å²) in [6, 6.07) is 9.53. The molecular weight excluding hydrogens is 252 g/mol. The molecule has 0 atom stereocenters. The zero-order valence-corrected chi connectivity index (χ0v) is 11.3. The summed E-state index contributed by atoms with van der Waals surface area (Å²) < 4.78 is 0. The van der Waals surface area contributed by atoms with Gasteiger partial charge in [0.05, 0.1) is 5.56 Å². The van der Waals surface area contributed by atoms with Gasteiger partial charge in [0.2, 0.25) is 5.95 Å². The summed E-state index contributed by atoms with van der Waals surface area (Å²) in [7, 11) is 0. The molecule has 5 heteroatoms. The van der Waals surface area contributed by atoms with E-state index in [2.05, 4.69) is 20.3 Å². The van der Waals surface area contributed by atoms with E-state index in [0.29, 0.717) is 11.5 Å². The van der Waals surface area contributed by atoms with Gasteiger partial charge < -0.3 is 4.98 Å². The van der Waals surface area contributed by atoms with Crippen molar-refractivity contribution in [1.29, 1.82) is 0 Å². The number of hydrogen-bond donors (Lipinski definition) is 2. The van der Waals surface area contributed by atoms with Crippen LogP contribution in [0.15, 0.2) is 36.5 Å². The maximum Gasteiger partial charge on any atom is 0.260 e. The standard InChI is InChI=1S/C15H14N4O/c1-9-7-10(2)18-15(17-9)19-14(20)12-8-16-13-6-4-3-5-11(12)13/h3-8,16H,1-2H3,(H,17,18,19,20). The van der Waals surface area contributed by atoms with Crippen LogP contribution in [0.25, 0.3) is 10.9 Å². The van der Waals surface area contributed by atoms with Crippen molar-refractivity contribution >= 4 is 22.8 Å². The average molecular weight is 266 g/mol. The molecule has 0 saturated heterocycles. The van der Waals surface area contributed by atoms with Gasteiger partial charge in [-0.1, -0.05) is 18.2 Å². The fourth-order valence-corrected chi connectivity index (χ4v) is 2.21. The SMILES string of the molecule is Cc1cc(C)nc(NC(=O)c2c[nH]c3ccccc23)n1. The van der Waals surface area contributed by atoms with Crippen LogP contribution in [0.2, 0.25) is 0 Å². The van der Waals surface area contributed by atoms with Gasteiger partial charge in [-0.2, -0.15) is 0 Å². The average Bonchev–Trinajstić information content (AvgIpc) is 2.81. The summed E-state index contributed by atoms with van der Waals surface area (Å²) in [5.41, 5.74) is 3.17. The van der Waals surface area contributed by atoms with E-state index >= 15 is 0 Å². The van der Waals surface area contributed by atoms with Gasteiger partial charge in [-0.3, -0.25) is 10.1 Å². The molecule has 0 unspecified atom stereocenters. The Balaban J connectivity index is 1.93. The maximum absolute atomic E-state index is 12.3. The number of hydrogen-bond acceptors (Lipinski definition) is 3. The van der Waals surface area contributed by atoms with Crippen LogP contribution in [0.3, 0.4) is 0 Å². The zero-order valence-electron chi connectivity index (χ0n) is 11.3. The van der Waals surface area contributed by atoms with Gasteiger partial charge in [-0.25, -0.2) is 9.97 Å². The molecule has 3 aromatic rings. The van der Waals surface area contributed by atoms with Crippen LogP contribution >= 0.6 is 0 Å². The van der Waals surface area contributed by atoms with E-state index in [0.717, 1.165) is 22.3 Å². The molecule has 0 spiro atoms. The van der Waals surface area contributed by atoms with Crippen molar-refractivity contribution in [3.63, 3.8) is 0 Å². The summed E-state index contributed by atoms with van der Waals surface area (Å²) in [6.45, 7) is 3.74. The molecular formula is C15H14N4O. The molecule has 0 aliphatic rings. The number of nitrogens with one attached hydrogen (secondary N) is 2. The number of H-pyrrole nitrogens is 1. The van der Waals surface area contributed by atoms with E-state index in [-0.39, 0.29) is 5.91 Å². The number of fused-ring (bicyclic) bond motifs is 1. The number of anilines is 1. The normalized spacial score (nSPS) is 10.7. The maximum atomic E-state index is 12.3. The van der Waals surface area contributed by atoms with Gasteiger partial charge in [-0.15, -0.1) is 0 Å². The highest BCUT2D eigenvalue weighted by Crippen LogP contribution is 2.18. The summed E-state index contributed by atoms with van der Waals surface area (Å²) in [5.74, 6) is 0.116. The summed E-state index contributed by atoms with van der Waals surface area (Å²) in [5, 5.41) is 3.62. The number of carbonyl (C=O) groups is 1. The Morgan fingerprint density at radius 3 is 2.60 bits per heavy atom. The topological polar surface area (TPSA) is 70.7 Å². The van der Waals surface area contributed by atoms with Crippen molar-refractivity contribution in [1.82, 2.24) is 15.0 Å². The summed E-state index contributed by atoms with van der Waals surface area (Å²) in [6.07, 6.45) is 1.70. The molecule has 0 aliphatic carbocycles. The van der Waals surface area contributed by atoms with Crippen LogP contribution < -0.4 is 5.32 Å². The minimum Gasteiger partial charge on any atom is -0.360 e. The third-order valence-electron chi connectivity index (χ3n) is 3.04. The lowest BCUT2D eigenvalue weighted by Crippen LogP contribution is -2.14. The molecule has 3 rings (SSSR count). The highest BCUT2D eigenvalue weighted by Gasteiger charge is 2.13. The fourth-order valence-electron chi connectivity index (χ4n) is 2.21. The molecule has 0 saturated carbocycles. The number of aryl methyl sites for hydroxylation is 2. The largest absolute Gasteiger partial charge is 0.360 e. The lowest BCUT2D eigenvalue weighted by atomic mass is 10.1. The number of aromatic nitrogens is 3. The fraction of sp³-hybridized carbons (Fsp3) is 0.133. The number of nitrogens with zero attached hydrogens (tertiary/aromatic N) is 2. The van der Waals surface area contributed by atoms with E-state index in [4.69, 9.17) is 0 Å². The van der Waals surface area contributed by atoms with Crippen LogP contribution in [0.5, 0.6) is 0 Å². The van der Waals surface area contributed by atoms with Crippen LogP contribution in [0.4, 0.5) is 5.95 Å². The molecule has 100 valence electrons. The van der Waals surface area contributed by atoms with Gasteiger partial charge in [-0.05, 0) is 26.0 Å². The molecule has 1 amide bonds. The molecule has 2 heterocycles. The third-order valence-corrected chi connectivity index (χ3v) is 3.04. The lowest BCUT2D eigenvalue weighted by molar-refractivity contribution is 0.102. The molecule has 2 aromatic heterocycles. The van der Waals surface area contributed by atoms with Crippen molar-refractivity contribution in [2.45, 2.75) is 13.8 Å². The van der Waals surface area contributed by atoms with Crippen molar-refractivity contribution in [2.75, 3.05) is 5.32 Å². The minimum atomic E-state index is -0.215. The Hall–Kier alpha value is -2.69. The van der Waals surface area contributed by atoms with E-state index in [1.54, 1.807) is 6.20 Å². The van der Waals surface area contributed by atoms with Gasteiger partial charge in [0, 0.05) is 28.5 Å². The number of aromatic amines is 1. The molecule has 0 aliphatic heterocycles. The van der Waals surface area contributed by atoms with Crippen molar-refractivity contribution in [2.24, 2.45) is 0 Å². The second-order valence-corrected chi connectivity index (χ2v) is 4.68. The Labute approximate surface area is 116 Å². The predicted octanol–water partition coefficient (Wildman–Crippen LogP) is 2.83. The highest BCUT2D eigenvalue weighted by atomic mass is 16.1. The Kier molecular flexibility index (Phi) is 2.95. The number of rotatable bonds is 2. The number of carbonyl (C=O) groups excluding carboxylic acids is 1. The number of benzene rings is 1. The van der Waals surface area contributed by atoms with Gasteiger partial charge >= 0.3 is 0 Å². The minimum absolute atomic E-state index is 0.215. The first-order valence-electron chi connectivity index (χ1n) is 6.33. The van der Waals surface area contributed by atoms with Crippen LogP contribution in [-0.4, -0.2) is 20.9 Å². The van der Waals surface area contributed by atoms with Crippen molar-refractivity contribution in [3.8, 4) is 0 Å². The number of para-hydroxylation sites is 1. The van der Waals surface area contributed by atoms with E-state index < -0.39 is 0 Å². The third kappa shape index (κ3) is 2.25. The molecule has 1 aromatic carbocycles. The second-order valence-electron chi connectivity index (χ2n) is 4.68.